The lowest BCUT2D eigenvalue weighted by Crippen LogP contribution is -2.30. The number of ether oxygens (including phenoxy) is 3. The van der Waals surface area contributed by atoms with E-state index in [1.807, 2.05) is 6.92 Å². The predicted molar refractivity (Wildman–Crippen MR) is 95.3 cm³/mol. The first-order valence-electron chi connectivity index (χ1n) is 8.84. The first-order valence-corrected chi connectivity index (χ1v) is 10.3. The van der Waals surface area contributed by atoms with Gasteiger partial charge >= 0.3 is 5.97 Å². The van der Waals surface area contributed by atoms with Gasteiger partial charge in [-0.05, 0) is 18.6 Å². The number of nitrogens with zero attached hydrogens (tertiary/aromatic N) is 2. The average Bonchev–Trinajstić information content (AvgIpc) is 2.99. The van der Waals surface area contributed by atoms with E-state index in [4.69, 9.17) is 18.7 Å². The SMILES string of the molecule is CCCc1noc(COC(=O)CNS(=O)(=O)c2ccc3c(c2)OCCCO3)n1. The van der Waals surface area contributed by atoms with Gasteiger partial charge in [0.1, 0.15) is 6.54 Å². The van der Waals surface area contributed by atoms with Crippen LogP contribution in [0, 0.1) is 0 Å². The Morgan fingerprint density at radius 1 is 1.25 bits per heavy atom. The van der Waals surface area contributed by atoms with Gasteiger partial charge in [0.25, 0.3) is 5.89 Å². The van der Waals surface area contributed by atoms with Gasteiger partial charge in [-0.2, -0.15) is 9.71 Å². The third-order valence-electron chi connectivity index (χ3n) is 3.78. The molecule has 0 radical (unpaired) electrons. The Morgan fingerprint density at radius 2 is 2.04 bits per heavy atom. The average molecular weight is 411 g/mol. The number of carbonyl (C=O) groups excluding carboxylic acids is 1. The van der Waals surface area contributed by atoms with Crippen LogP contribution in [-0.4, -0.2) is 44.3 Å². The number of rotatable bonds is 8. The number of sulfonamides is 1. The number of fused-ring (bicyclic) bond motifs is 1. The Hall–Kier alpha value is -2.66. The third kappa shape index (κ3) is 5.20. The number of esters is 1. The van der Waals surface area contributed by atoms with Gasteiger partial charge in [-0.1, -0.05) is 12.1 Å². The van der Waals surface area contributed by atoms with E-state index in [0.717, 1.165) is 6.42 Å². The molecule has 1 aliphatic rings. The Morgan fingerprint density at radius 3 is 2.82 bits per heavy atom. The van der Waals surface area contributed by atoms with Crippen molar-refractivity contribution in [1.29, 1.82) is 0 Å². The van der Waals surface area contributed by atoms with Gasteiger partial charge in [-0.25, -0.2) is 8.42 Å². The fourth-order valence-corrected chi connectivity index (χ4v) is 3.40. The summed E-state index contributed by atoms with van der Waals surface area (Å²) in [6.45, 7) is 2.16. The fraction of sp³-hybridized carbons (Fsp3) is 0.471. The van der Waals surface area contributed by atoms with Gasteiger partial charge in [0.05, 0.1) is 18.1 Å². The lowest BCUT2D eigenvalue weighted by molar-refractivity contribution is -0.144. The van der Waals surface area contributed by atoms with Crippen molar-refractivity contribution in [3.05, 3.63) is 29.9 Å². The van der Waals surface area contributed by atoms with Gasteiger partial charge in [0.15, 0.2) is 23.9 Å². The lowest BCUT2D eigenvalue weighted by atomic mass is 10.3. The van der Waals surface area contributed by atoms with E-state index in [2.05, 4.69) is 14.9 Å². The molecule has 0 atom stereocenters. The molecule has 3 rings (SSSR count). The summed E-state index contributed by atoms with van der Waals surface area (Å²) in [5.74, 6) is 0.750. The molecule has 1 aromatic heterocycles. The molecule has 1 aromatic carbocycles. The van der Waals surface area contributed by atoms with E-state index in [9.17, 15) is 13.2 Å². The summed E-state index contributed by atoms with van der Waals surface area (Å²) in [7, 11) is -3.92. The molecule has 1 aliphatic heterocycles. The van der Waals surface area contributed by atoms with Crippen LogP contribution < -0.4 is 14.2 Å². The number of aryl methyl sites for hydroxylation is 1. The van der Waals surface area contributed by atoms with E-state index in [1.165, 1.54) is 18.2 Å². The van der Waals surface area contributed by atoms with Gasteiger partial charge in [0.2, 0.25) is 10.0 Å². The summed E-state index contributed by atoms with van der Waals surface area (Å²) in [6.07, 6.45) is 2.23. The fourth-order valence-electron chi connectivity index (χ4n) is 2.42. The molecular formula is C17H21N3O7S. The van der Waals surface area contributed by atoms with Gasteiger partial charge in [-0.15, -0.1) is 0 Å². The molecule has 0 saturated carbocycles. The predicted octanol–water partition coefficient (Wildman–Crippen LogP) is 1.21. The summed E-state index contributed by atoms with van der Waals surface area (Å²) in [5, 5.41) is 3.74. The maximum absolute atomic E-state index is 12.4. The first-order chi connectivity index (χ1) is 13.5. The molecule has 0 saturated heterocycles. The van der Waals surface area contributed by atoms with Crippen molar-refractivity contribution in [2.45, 2.75) is 37.7 Å². The molecule has 2 heterocycles. The van der Waals surface area contributed by atoms with Crippen molar-refractivity contribution >= 4 is 16.0 Å². The van der Waals surface area contributed by atoms with E-state index in [-0.39, 0.29) is 17.4 Å². The minimum absolute atomic E-state index is 0.0364. The maximum Gasteiger partial charge on any atom is 0.321 e. The standard InChI is InChI=1S/C17H21N3O7S/c1-2-4-15-19-16(27-20-15)11-26-17(21)10-18-28(22,23)12-5-6-13-14(9-12)25-8-3-7-24-13/h5-6,9,18H,2-4,7-8,10-11H2,1H3. The highest BCUT2D eigenvalue weighted by molar-refractivity contribution is 7.89. The number of carbonyl (C=O) groups is 1. The van der Waals surface area contributed by atoms with Crippen LogP contribution in [0.1, 0.15) is 31.5 Å². The van der Waals surface area contributed by atoms with Crippen molar-refractivity contribution in [2.75, 3.05) is 19.8 Å². The van der Waals surface area contributed by atoms with E-state index in [0.29, 0.717) is 43.4 Å². The summed E-state index contributed by atoms with van der Waals surface area (Å²) < 4.78 is 47.8. The van der Waals surface area contributed by atoms with Crippen LogP contribution in [0.5, 0.6) is 11.5 Å². The largest absolute Gasteiger partial charge is 0.490 e. The maximum atomic E-state index is 12.4. The molecule has 0 aliphatic carbocycles. The number of hydrogen-bond acceptors (Lipinski definition) is 9. The van der Waals surface area contributed by atoms with E-state index >= 15 is 0 Å². The molecule has 152 valence electrons. The Bertz CT molecular complexity index is 927. The molecule has 2 aromatic rings. The molecule has 0 fully saturated rings. The molecule has 0 spiro atoms. The van der Waals surface area contributed by atoms with Crippen LogP contribution in [0.25, 0.3) is 0 Å². The Labute approximate surface area is 162 Å². The molecule has 10 nitrogen and oxygen atoms in total. The van der Waals surface area contributed by atoms with Crippen LogP contribution in [0.3, 0.4) is 0 Å². The van der Waals surface area contributed by atoms with Crippen LogP contribution in [0.2, 0.25) is 0 Å². The number of benzene rings is 1. The molecule has 0 bridgehead atoms. The first kappa shape index (κ1) is 20.1. The second-order valence-corrected chi connectivity index (χ2v) is 7.77. The minimum Gasteiger partial charge on any atom is -0.490 e. The Kier molecular flexibility index (Phi) is 6.47. The molecule has 11 heteroatoms. The van der Waals surface area contributed by atoms with Crippen LogP contribution in [-0.2, 0) is 32.6 Å². The zero-order valence-electron chi connectivity index (χ0n) is 15.3. The molecule has 1 N–H and O–H groups in total. The van der Waals surface area contributed by atoms with Crippen LogP contribution >= 0.6 is 0 Å². The smallest absolute Gasteiger partial charge is 0.321 e. The second-order valence-electron chi connectivity index (χ2n) is 6.00. The molecule has 28 heavy (non-hydrogen) atoms. The lowest BCUT2D eigenvalue weighted by Gasteiger charge is -2.10. The summed E-state index contributed by atoms with van der Waals surface area (Å²) >= 11 is 0. The van der Waals surface area contributed by atoms with Gasteiger partial charge in [0, 0.05) is 18.9 Å². The Balaban J connectivity index is 1.54. The number of nitrogens with one attached hydrogen (secondary N) is 1. The van der Waals surface area contributed by atoms with Crippen molar-refractivity contribution in [3.8, 4) is 11.5 Å². The highest BCUT2D eigenvalue weighted by Crippen LogP contribution is 2.31. The van der Waals surface area contributed by atoms with Crippen molar-refractivity contribution in [2.24, 2.45) is 0 Å². The van der Waals surface area contributed by atoms with Crippen molar-refractivity contribution < 1.29 is 31.9 Å². The number of aromatic nitrogens is 2. The second kappa shape index (κ2) is 9.02. The zero-order chi connectivity index (χ0) is 20.0. The van der Waals surface area contributed by atoms with Gasteiger partial charge in [-0.3, -0.25) is 4.79 Å². The molecular weight excluding hydrogens is 390 g/mol. The van der Waals surface area contributed by atoms with Crippen LogP contribution in [0.15, 0.2) is 27.6 Å². The number of hydrogen-bond donors (Lipinski definition) is 1. The molecule has 0 amide bonds. The highest BCUT2D eigenvalue weighted by Gasteiger charge is 2.20. The monoisotopic (exact) mass is 411 g/mol. The van der Waals surface area contributed by atoms with Crippen molar-refractivity contribution in [1.82, 2.24) is 14.9 Å². The summed E-state index contributed by atoms with van der Waals surface area (Å²) in [4.78, 5) is 15.8. The third-order valence-corrected chi connectivity index (χ3v) is 5.18. The quantitative estimate of drug-likeness (QED) is 0.637. The highest BCUT2D eigenvalue weighted by atomic mass is 32.2. The van der Waals surface area contributed by atoms with Gasteiger partial charge < -0.3 is 18.7 Å². The van der Waals surface area contributed by atoms with E-state index in [1.54, 1.807) is 0 Å². The normalized spacial score (nSPS) is 13.8. The summed E-state index contributed by atoms with van der Waals surface area (Å²) in [5.41, 5.74) is 0. The topological polar surface area (TPSA) is 130 Å². The van der Waals surface area contributed by atoms with E-state index < -0.39 is 22.5 Å². The van der Waals surface area contributed by atoms with Crippen molar-refractivity contribution in [3.63, 3.8) is 0 Å². The summed E-state index contributed by atoms with van der Waals surface area (Å²) in [6, 6.07) is 4.27. The zero-order valence-corrected chi connectivity index (χ0v) is 16.2. The molecule has 0 unspecified atom stereocenters. The van der Waals surface area contributed by atoms with Crippen LogP contribution in [0.4, 0.5) is 0 Å². The minimum atomic E-state index is -3.92.